The minimum Gasteiger partial charge on any atom is -0.353 e. The highest BCUT2D eigenvalue weighted by Gasteiger charge is 2.29. The highest BCUT2D eigenvalue weighted by molar-refractivity contribution is 7.95. The normalized spacial score (nSPS) is 11.2. The molecule has 0 N–H and O–H groups in total. The van der Waals surface area contributed by atoms with Crippen LogP contribution in [0.2, 0.25) is 0 Å². The molecule has 24 heavy (non-hydrogen) atoms. The van der Waals surface area contributed by atoms with Gasteiger partial charge >= 0.3 is 0 Å². The standard InChI is InChI=1S/C22H23OP/c1-3-22(23-2)24(19-13-7-4-8-14-19,20-15-9-5-10-16-20)21-17-11-6-12-18-21/h4-18H,3H2,1-2H3. The van der Waals surface area contributed by atoms with Crippen LogP contribution < -0.4 is 15.9 Å². The smallest absolute Gasteiger partial charge is 0.0602 e. The molecule has 0 atom stereocenters. The molecule has 122 valence electrons. The number of rotatable bonds is 5. The van der Waals surface area contributed by atoms with E-state index in [0.29, 0.717) is 0 Å². The van der Waals surface area contributed by atoms with Crippen molar-refractivity contribution in [3.8, 4) is 0 Å². The van der Waals surface area contributed by atoms with E-state index in [4.69, 9.17) is 4.74 Å². The van der Waals surface area contributed by atoms with Gasteiger partial charge in [0.25, 0.3) is 0 Å². The fourth-order valence-electron chi connectivity index (χ4n) is 3.35. The van der Waals surface area contributed by atoms with Gasteiger partial charge in [0.15, 0.2) is 0 Å². The first-order valence-electron chi connectivity index (χ1n) is 8.30. The Bertz CT molecular complexity index is 714. The van der Waals surface area contributed by atoms with E-state index in [1.54, 1.807) is 0 Å². The highest BCUT2D eigenvalue weighted by atomic mass is 31.2. The number of benzene rings is 3. The van der Waals surface area contributed by atoms with Gasteiger partial charge in [-0.1, -0.05) is 97.9 Å². The highest BCUT2D eigenvalue weighted by Crippen LogP contribution is 2.46. The number of hydrogen-bond donors (Lipinski definition) is 0. The SMILES string of the molecule is CCC(OC)=P(c1ccccc1)(c1ccccc1)c1ccccc1. The van der Waals surface area contributed by atoms with Crippen LogP contribution in [-0.4, -0.2) is 12.6 Å². The number of methoxy groups -OCH3 is 1. The summed E-state index contributed by atoms with van der Waals surface area (Å²) in [6.45, 7) is 0.214. The van der Waals surface area contributed by atoms with Crippen LogP contribution >= 0.6 is 6.89 Å². The molecule has 0 radical (unpaired) electrons. The molecule has 3 aromatic rings. The summed E-state index contributed by atoms with van der Waals surface area (Å²) in [6, 6.07) is 32.4. The van der Waals surface area contributed by atoms with Crippen LogP contribution in [0.15, 0.2) is 91.0 Å². The van der Waals surface area contributed by atoms with Gasteiger partial charge in [0, 0.05) is 14.0 Å². The second-order valence-electron chi connectivity index (χ2n) is 5.63. The van der Waals surface area contributed by atoms with Crippen LogP contribution in [0.5, 0.6) is 0 Å². The van der Waals surface area contributed by atoms with Crippen molar-refractivity contribution in [1.29, 1.82) is 0 Å². The van der Waals surface area contributed by atoms with E-state index >= 15 is 0 Å². The molecule has 0 aliphatic heterocycles. The minimum atomic E-state index is -1.97. The second-order valence-corrected chi connectivity index (χ2v) is 9.02. The van der Waals surface area contributed by atoms with Crippen molar-refractivity contribution in [3.63, 3.8) is 0 Å². The molecule has 0 fully saturated rings. The Kier molecular flexibility index (Phi) is 5.35. The van der Waals surface area contributed by atoms with Crippen LogP contribution in [-0.2, 0) is 4.74 Å². The lowest BCUT2D eigenvalue weighted by molar-refractivity contribution is 0.403. The third kappa shape index (κ3) is 2.86. The quantitative estimate of drug-likeness (QED) is 0.637. The Morgan fingerprint density at radius 3 is 1.25 bits per heavy atom. The first-order valence-corrected chi connectivity index (χ1v) is 10.1. The van der Waals surface area contributed by atoms with E-state index in [-0.39, 0.29) is 0 Å². The Morgan fingerprint density at radius 1 is 0.667 bits per heavy atom. The summed E-state index contributed by atoms with van der Waals surface area (Å²) in [5.74, 6) is 0. The fraction of sp³-hybridized carbons (Fsp3) is 0.136. The average molecular weight is 334 g/mol. The lowest BCUT2D eigenvalue weighted by Gasteiger charge is -2.31. The van der Waals surface area contributed by atoms with Gasteiger partial charge in [0.2, 0.25) is 0 Å². The summed E-state index contributed by atoms with van der Waals surface area (Å²) in [5, 5.41) is 4.00. The third-order valence-electron chi connectivity index (χ3n) is 4.34. The van der Waals surface area contributed by atoms with Crippen molar-refractivity contribution in [3.05, 3.63) is 91.0 Å². The lowest BCUT2D eigenvalue weighted by Crippen LogP contribution is -2.30. The van der Waals surface area contributed by atoms with Gasteiger partial charge in [0.1, 0.15) is 0 Å². The van der Waals surface area contributed by atoms with Crippen LogP contribution in [0.1, 0.15) is 13.3 Å². The van der Waals surface area contributed by atoms with Crippen molar-refractivity contribution in [2.75, 3.05) is 7.11 Å². The molecule has 0 aliphatic carbocycles. The van der Waals surface area contributed by atoms with Crippen molar-refractivity contribution in [1.82, 2.24) is 0 Å². The average Bonchev–Trinajstić information content (AvgIpc) is 2.68. The lowest BCUT2D eigenvalue weighted by atomic mass is 10.4. The molecular formula is C22H23OP. The van der Waals surface area contributed by atoms with Crippen molar-refractivity contribution >= 4 is 28.3 Å². The van der Waals surface area contributed by atoms with E-state index in [1.165, 1.54) is 15.9 Å². The van der Waals surface area contributed by atoms with Gasteiger partial charge in [0.05, 0.1) is 5.48 Å². The first kappa shape index (κ1) is 16.8. The van der Waals surface area contributed by atoms with Gasteiger partial charge in [-0.2, -0.15) is 0 Å². The van der Waals surface area contributed by atoms with Crippen LogP contribution in [0, 0.1) is 0 Å². The third-order valence-corrected chi connectivity index (χ3v) is 8.81. The minimum absolute atomic E-state index is 0.892. The molecule has 0 amide bonds. The van der Waals surface area contributed by atoms with Gasteiger partial charge < -0.3 is 4.74 Å². The molecule has 0 bridgehead atoms. The molecule has 1 nitrogen and oxygen atoms in total. The number of ether oxygens (including phenoxy) is 1. The molecule has 0 unspecified atom stereocenters. The Labute approximate surface area is 144 Å². The maximum absolute atomic E-state index is 5.99. The summed E-state index contributed by atoms with van der Waals surface area (Å²) in [5.41, 5.74) is 1.16. The van der Waals surface area contributed by atoms with Crippen LogP contribution in [0.3, 0.4) is 0 Å². The van der Waals surface area contributed by atoms with Crippen molar-refractivity contribution in [2.45, 2.75) is 13.3 Å². The molecule has 3 rings (SSSR count). The molecule has 0 saturated heterocycles. The largest absolute Gasteiger partial charge is 0.353 e. The molecule has 0 heterocycles. The van der Waals surface area contributed by atoms with E-state index in [0.717, 1.165) is 11.9 Å². The maximum atomic E-state index is 5.99. The van der Waals surface area contributed by atoms with E-state index < -0.39 is 6.89 Å². The molecule has 0 aromatic heterocycles. The first-order chi connectivity index (χ1) is 11.8. The Morgan fingerprint density at radius 2 is 1.00 bits per heavy atom. The summed E-state index contributed by atoms with van der Waals surface area (Å²) in [6.07, 6.45) is 0.892. The van der Waals surface area contributed by atoms with Gasteiger partial charge in [-0.15, -0.1) is 0 Å². The van der Waals surface area contributed by atoms with E-state index in [2.05, 4.69) is 97.9 Å². The molecule has 0 saturated carbocycles. The van der Waals surface area contributed by atoms with Gasteiger partial charge in [-0.3, -0.25) is 0 Å². The molecule has 3 aromatic carbocycles. The van der Waals surface area contributed by atoms with Crippen LogP contribution in [0.25, 0.3) is 0 Å². The zero-order valence-electron chi connectivity index (χ0n) is 14.2. The van der Waals surface area contributed by atoms with Gasteiger partial charge in [-0.25, -0.2) is 0 Å². The predicted octanol–water partition coefficient (Wildman–Crippen LogP) is 4.17. The van der Waals surface area contributed by atoms with Crippen molar-refractivity contribution < 1.29 is 4.74 Å². The monoisotopic (exact) mass is 334 g/mol. The summed E-state index contributed by atoms with van der Waals surface area (Å²) in [7, 11) is 1.81. The molecule has 0 spiro atoms. The molecule has 0 aliphatic rings. The summed E-state index contributed by atoms with van der Waals surface area (Å²) >= 11 is 0. The zero-order valence-corrected chi connectivity index (χ0v) is 15.1. The topological polar surface area (TPSA) is 9.23 Å². The Hall–Kier alpha value is -2.08. The molecule has 2 heteroatoms. The maximum Gasteiger partial charge on any atom is 0.0602 e. The van der Waals surface area contributed by atoms with Crippen LogP contribution in [0.4, 0.5) is 0 Å². The summed E-state index contributed by atoms with van der Waals surface area (Å²) in [4.78, 5) is 0. The number of hydrogen-bond acceptors (Lipinski definition) is 1. The fourth-order valence-corrected chi connectivity index (χ4v) is 7.72. The predicted molar refractivity (Wildman–Crippen MR) is 107 cm³/mol. The van der Waals surface area contributed by atoms with Gasteiger partial charge in [-0.05, 0) is 22.3 Å². The Balaban J connectivity index is 2.50. The zero-order chi connectivity index (χ0) is 16.8. The van der Waals surface area contributed by atoms with E-state index in [1.807, 2.05) is 7.11 Å². The molecular weight excluding hydrogens is 311 g/mol. The summed E-state index contributed by atoms with van der Waals surface area (Å²) < 4.78 is 5.99. The van der Waals surface area contributed by atoms with E-state index in [9.17, 15) is 0 Å². The second kappa shape index (κ2) is 7.66. The van der Waals surface area contributed by atoms with Crippen molar-refractivity contribution in [2.24, 2.45) is 0 Å².